The van der Waals surface area contributed by atoms with E-state index >= 15 is 0 Å². The topological polar surface area (TPSA) is 25.8 Å². The minimum atomic E-state index is -0.0530. The highest BCUT2D eigenvalue weighted by Crippen LogP contribution is 2.51. The van der Waals surface area contributed by atoms with Gasteiger partial charge in [-0.3, -0.25) is 9.97 Å². The normalized spacial score (nSPS) is 14.9. The molecule has 0 N–H and O–H groups in total. The summed E-state index contributed by atoms with van der Waals surface area (Å²) in [6.45, 7) is 4.60. The van der Waals surface area contributed by atoms with Gasteiger partial charge in [-0.05, 0) is 40.1 Å². The second kappa shape index (κ2) is 4.17. The number of hydrogen-bond acceptors (Lipinski definition) is 2. The van der Waals surface area contributed by atoms with Crippen molar-refractivity contribution in [3.8, 4) is 11.3 Å². The van der Waals surface area contributed by atoms with Crippen molar-refractivity contribution in [2.75, 3.05) is 0 Å². The first-order valence-corrected chi connectivity index (χ1v) is 7.95. The predicted octanol–water partition coefficient (Wildman–Crippen LogP) is 5.09. The zero-order valence-corrected chi connectivity index (χ0v) is 13.2. The Balaban J connectivity index is 2.04. The van der Waals surface area contributed by atoms with Crippen molar-refractivity contribution in [2.24, 2.45) is 0 Å². The molecule has 5 rings (SSSR count). The number of rotatable bonds is 0. The Hall–Kier alpha value is -2.74. The number of nitrogens with zero attached hydrogens (tertiary/aromatic N) is 2. The molecule has 2 heterocycles. The first kappa shape index (κ1) is 12.8. The van der Waals surface area contributed by atoms with E-state index in [0.29, 0.717) is 0 Å². The molecule has 23 heavy (non-hydrogen) atoms. The van der Waals surface area contributed by atoms with E-state index < -0.39 is 0 Å². The summed E-state index contributed by atoms with van der Waals surface area (Å²) >= 11 is 0. The smallest absolute Gasteiger partial charge is 0.0746 e. The van der Waals surface area contributed by atoms with Gasteiger partial charge in [-0.25, -0.2) is 0 Å². The Morgan fingerprint density at radius 2 is 1.61 bits per heavy atom. The van der Waals surface area contributed by atoms with Crippen LogP contribution >= 0.6 is 0 Å². The van der Waals surface area contributed by atoms with E-state index in [2.05, 4.69) is 60.2 Å². The molecule has 2 aromatic heterocycles. The third-order valence-electron chi connectivity index (χ3n) is 5.13. The van der Waals surface area contributed by atoms with Crippen LogP contribution in [0.3, 0.4) is 0 Å². The fraction of sp³-hybridized carbons (Fsp3) is 0.143. The summed E-state index contributed by atoms with van der Waals surface area (Å²) in [5.74, 6) is 0. The van der Waals surface area contributed by atoms with Crippen LogP contribution in [0.25, 0.3) is 32.9 Å². The molecular weight excluding hydrogens is 280 g/mol. The molecule has 0 bridgehead atoms. The number of pyridine rings is 2. The van der Waals surface area contributed by atoms with E-state index in [4.69, 9.17) is 0 Å². The largest absolute Gasteiger partial charge is 0.256 e. The van der Waals surface area contributed by atoms with Crippen LogP contribution in [0.15, 0.2) is 60.9 Å². The van der Waals surface area contributed by atoms with Gasteiger partial charge in [-0.2, -0.15) is 0 Å². The third kappa shape index (κ3) is 1.53. The summed E-state index contributed by atoms with van der Waals surface area (Å²) in [7, 11) is 0. The summed E-state index contributed by atoms with van der Waals surface area (Å²) in [6.07, 6.45) is 3.75. The molecule has 2 nitrogen and oxygen atoms in total. The Bertz CT molecular complexity index is 1090. The van der Waals surface area contributed by atoms with Crippen molar-refractivity contribution in [3.63, 3.8) is 0 Å². The van der Waals surface area contributed by atoms with Gasteiger partial charge in [0.1, 0.15) is 0 Å². The zero-order chi connectivity index (χ0) is 15.6. The maximum Gasteiger partial charge on any atom is 0.0746 e. The molecule has 110 valence electrons. The van der Waals surface area contributed by atoms with Gasteiger partial charge in [0.05, 0.1) is 11.2 Å². The summed E-state index contributed by atoms with van der Waals surface area (Å²) in [6, 6.07) is 17.2. The van der Waals surface area contributed by atoms with Crippen molar-refractivity contribution in [2.45, 2.75) is 19.3 Å². The van der Waals surface area contributed by atoms with Gasteiger partial charge < -0.3 is 0 Å². The molecule has 0 amide bonds. The highest BCUT2D eigenvalue weighted by Gasteiger charge is 2.37. The molecule has 0 fully saturated rings. The number of aromatic nitrogens is 2. The second-order valence-corrected chi connectivity index (χ2v) is 6.75. The molecule has 2 heteroatoms. The minimum absolute atomic E-state index is 0.0530. The molecule has 0 radical (unpaired) electrons. The molecule has 0 atom stereocenters. The van der Waals surface area contributed by atoms with Crippen LogP contribution in [-0.4, -0.2) is 9.97 Å². The maximum absolute atomic E-state index is 4.67. The predicted molar refractivity (Wildman–Crippen MR) is 94.6 cm³/mol. The van der Waals surface area contributed by atoms with E-state index in [-0.39, 0.29) is 5.41 Å². The highest BCUT2D eigenvalue weighted by atomic mass is 14.7. The third-order valence-corrected chi connectivity index (χ3v) is 5.13. The highest BCUT2D eigenvalue weighted by molar-refractivity contribution is 6.11. The lowest BCUT2D eigenvalue weighted by atomic mass is 9.79. The van der Waals surface area contributed by atoms with Crippen LogP contribution in [0.5, 0.6) is 0 Å². The van der Waals surface area contributed by atoms with E-state index in [1.165, 1.54) is 32.8 Å². The lowest BCUT2D eigenvalue weighted by molar-refractivity contribution is 0.665. The number of benzene rings is 2. The first-order valence-electron chi connectivity index (χ1n) is 7.95. The van der Waals surface area contributed by atoms with Crippen LogP contribution in [-0.2, 0) is 5.41 Å². The van der Waals surface area contributed by atoms with Crippen molar-refractivity contribution in [3.05, 3.63) is 72.1 Å². The van der Waals surface area contributed by atoms with Gasteiger partial charge in [0, 0.05) is 28.8 Å². The van der Waals surface area contributed by atoms with Crippen LogP contribution in [0.2, 0.25) is 0 Å². The van der Waals surface area contributed by atoms with Crippen molar-refractivity contribution >= 4 is 21.7 Å². The molecule has 0 spiro atoms. The van der Waals surface area contributed by atoms with Gasteiger partial charge >= 0.3 is 0 Å². The van der Waals surface area contributed by atoms with Gasteiger partial charge in [-0.1, -0.05) is 44.2 Å². The molecule has 0 saturated heterocycles. The monoisotopic (exact) mass is 296 g/mol. The minimum Gasteiger partial charge on any atom is -0.256 e. The molecule has 2 aromatic carbocycles. The van der Waals surface area contributed by atoms with Gasteiger partial charge in [0.15, 0.2) is 0 Å². The van der Waals surface area contributed by atoms with Crippen LogP contribution in [0.1, 0.15) is 25.0 Å². The van der Waals surface area contributed by atoms with Gasteiger partial charge in [0.25, 0.3) is 0 Å². The van der Waals surface area contributed by atoms with E-state index in [0.717, 1.165) is 11.2 Å². The quantitative estimate of drug-likeness (QED) is 0.422. The Kier molecular flexibility index (Phi) is 2.31. The molecule has 4 aromatic rings. The molecule has 0 saturated carbocycles. The first-order chi connectivity index (χ1) is 11.2. The zero-order valence-electron chi connectivity index (χ0n) is 13.2. The Morgan fingerprint density at radius 3 is 2.52 bits per heavy atom. The summed E-state index contributed by atoms with van der Waals surface area (Å²) in [4.78, 5) is 9.21. The lowest BCUT2D eigenvalue weighted by Gasteiger charge is -2.23. The Morgan fingerprint density at radius 1 is 0.826 bits per heavy atom. The molecule has 0 aliphatic heterocycles. The number of hydrogen-bond donors (Lipinski definition) is 0. The van der Waals surface area contributed by atoms with Crippen molar-refractivity contribution < 1.29 is 0 Å². The molecule has 1 aliphatic rings. The van der Waals surface area contributed by atoms with Crippen molar-refractivity contribution in [1.82, 2.24) is 9.97 Å². The summed E-state index contributed by atoms with van der Waals surface area (Å²) in [5, 5.41) is 3.81. The van der Waals surface area contributed by atoms with Crippen molar-refractivity contribution in [1.29, 1.82) is 0 Å². The molecular formula is C21H16N2. The average Bonchev–Trinajstić information content (AvgIpc) is 2.83. The summed E-state index contributed by atoms with van der Waals surface area (Å²) in [5.41, 5.74) is 6.06. The standard InChI is InChI=1S/C21H16N2/c1-21(2)16-6-4-12-23-20(16)15-9-7-13-8-10-17-14(5-3-11-22-17)18(13)19(15)21/h3-12H,1-2H3. The van der Waals surface area contributed by atoms with E-state index in [9.17, 15) is 0 Å². The average molecular weight is 296 g/mol. The fourth-order valence-corrected chi connectivity index (χ4v) is 4.08. The molecule has 1 aliphatic carbocycles. The van der Waals surface area contributed by atoms with E-state index in [1.807, 2.05) is 24.5 Å². The molecule has 0 unspecified atom stereocenters. The summed E-state index contributed by atoms with van der Waals surface area (Å²) < 4.78 is 0. The fourth-order valence-electron chi connectivity index (χ4n) is 4.08. The van der Waals surface area contributed by atoms with Gasteiger partial charge in [-0.15, -0.1) is 0 Å². The van der Waals surface area contributed by atoms with Gasteiger partial charge in [0.2, 0.25) is 0 Å². The van der Waals surface area contributed by atoms with E-state index in [1.54, 1.807) is 0 Å². The van der Waals surface area contributed by atoms with Crippen LogP contribution < -0.4 is 0 Å². The second-order valence-electron chi connectivity index (χ2n) is 6.75. The Labute approximate surface area is 134 Å². The van der Waals surface area contributed by atoms with Crippen LogP contribution in [0, 0.1) is 0 Å². The maximum atomic E-state index is 4.67. The number of fused-ring (bicyclic) bond motifs is 7. The van der Waals surface area contributed by atoms with Crippen LogP contribution in [0.4, 0.5) is 0 Å². The lowest BCUT2D eigenvalue weighted by Crippen LogP contribution is -2.15. The SMILES string of the molecule is CC1(C)c2cccnc2-c2ccc3ccc4ncccc4c3c21.